The Bertz CT molecular complexity index is 662. The molecular weight excluding hydrogens is 461 g/mol. The molecule has 0 saturated carbocycles. The zero-order valence-electron chi connectivity index (χ0n) is 15.9. The number of rotatable bonds is 4. The first-order valence-electron chi connectivity index (χ1n) is 9.23. The number of thiazole rings is 1. The maximum atomic E-state index is 11.7. The standard InChI is InChI=1S/C18H29N5OS.HI/c1-4-14-13(2)25-16(22-14)6-8-20-17(19-3)23-9-5-7-18(12-23)10-15(24)21-11-18;/h4-12H2,1-3H3,(H,19,20)(H,21,24);1H. The van der Waals surface area contributed by atoms with Crippen molar-refractivity contribution in [2.75, 3.05) is 33.2 Å². The molecule has 2 N–H and O–H groups in total. The Balaban J connectivity index is 0.00000243. The first kappa shape index (κ1) is 21.4. The van der Waals surface area contributed by atoms with Crippen LogP contribution in [0.2, 0.25) is 0 Å². The summed E-state index contributed by atoms with van der Waals surface area (Å²) in [6.07, 6.45) is 4.81. The lowest BCUT2D eigenvalue weighted by molar-refractivity contribution is -0.119. The minimum Gasteiger partial charge on any atom is -0.356 e. The number of guanidine groups is 1. The molecule has 0 bridgehead atoms. The highest BCUT2D eigenvalue weighted by atomic mass is 127. The van der Waals surface area contributed by atoms with Gasteiger partial charge in [0.1, 0.15) is 0 Å². The third-order valence-electron chi connectivity index (χ3n) is 5.26. The summed E-state index contributed by atoms with van der Waals surface area (Å²) in [5.74, 6) is 1.14. The molecule has 6 nitrogen and oxygen atoms in total. The molecule has 1 aromatic rings. The molecule has 1 spiro atoms. The lowest BCUT2D eigenvalue weighted by Gasteiger charge is -2.40. The lowest BCUT2D eigenvalue weighted by Crippen LogP contribution is -2.51. The minimum atomic E-state index is 0. The van der Waals surface area contributed by atoms with Crippen LogP contribution in [-0.4, -0.2) is 55.0 Å². The Kier molecular flexibility index (Phi) is 7.69. The van der Waals surface area contributed by atoms with Gasteiger partial charge in [0.25, 0.3) is 0 Å². The highest BCUT2D eigenvalue weighted by molar-refractivity contribution is 14.0. The summed E-state index contributed by atoms with van der Waals surface area (Å²) in [7, 11) is 1.84. The van der Waals surface area contributed by atoms with Crippen molar-refractivity contribution < 1.29 is 4.79 Å². The summed E-state index contributed by atoms with van der Waals surface area (Å²) in [6, 6.07) is 0. The number of aryl methyl sites for hydroxylation is 2. The molecule has 26 heavy (non-hydrogen) atoms. The van der Waals surface area contributed by atoms with Crippen LogP contribution in [0, 0.1) is 12.3 Å². The van der Waals surface area contributed by atoms with Gasteiger partial charge in [-0.05, 0) is 26.2 Å². The summed E-state index contributed by atoms with van der Waals surface area (Å²) in [6.45, 7) is 7.85. The van der Waals surface area contributed by atoms with Crippen molar-refractivity contribution in [1.29, 1.82) is 0 Å². The average Bonchev–Trinajstić information content (AvgIpc) is 3.14. The molecule has 2 fully saturated rings. The van der Waals surface area contributed by atoms with Crippen LogP contribution in [0.1, 0.15) is 41.8 Å². The van der Waals surface area contributed by atoms with Gasteiger partial charge >= 0.3 is 0 Å². The summed E-state index contributed by atoms with van der Waals surface area (Å²) >= 11 is 1.80. The number of carbonyl (C=O) groups is 1. The first-order valence-corrected chi connectivity index (χ1v) is 10.0. The van der Waals surface area contributed by atoms with Gasteiger partial charge in [-0.1, -0.05) is 6.92 Å². The normalized spacial score (nSPS) is 23.1. The second kappa shape index (κ2) is 9.34. The van der Waals surface area contributed by atoms with Gasteiger partial charge in [-0.15, -0.1) is 35.3 Å². The third-order valence-corrected chi connectivity index (χ3v) is 6.34. The van der Waals surface area contributed by atoms with Crippen molar-refractivity contribution in [3.8, 4) is 0 Å². The Morgan fingerprint density at radius 2 is 2.31 bits per heavy atom. The van der Waals surface area contributed by atoms with E-state index in [1.54, 1.807) is 11.3 Å². The Morgan fingerprint density at radius 3 is 2.92 bits per heavy atom. The van der Waals surface area contributed by atoms with E-state index in [4.69, 9.17) is 4.98 Å². The molecule has 1 unspecified atom stereocenters. The van der Waals surface area contributed by atoms with Gasteiger partial charge in [0.2, 0.25) is 5.91 Å². The van der Waals surface area contributed by atoms with Crippen molar-refractivity contribution in [2.24, 2.45) is 10.4 Å². The van der Waals surface area contributed by atoms with Gasteiger partial charge in [-0.2, -0.15) is 0 Å². The average molecular weight is 491 g/mol. The molecule has 0 aromatic carbocycles. The molecule has 3 heterocycles. The van der Waals surface area contributed by atoms with E-state index in [0.717, 1.165) is 57.8 Å². The minimum absolute atomic E-state index is 0. The fourth-order valence-electron chi connectivity index (χ4n) is 3.97. The molecule has 1 amide bonds. The van der Waals surface area contributed by atoms with E-state index < -0.39 is 0 Å². The number of likely N-dealkylation sites (tertiary alicyclic amines) is 1. The lowest BCUT2D eigenvalue weighted by atomic mass is 9.79. The van der Waals surface area contributed by atoms with Crippen molar-refractivity contribution in [3.63, 3.8) is 0 Å². The van der Waals surface area contributed by atoms with Crippen LogP contribution in [-0.2, 0) is 17.6 Å². The number of piperidine rings is 1. The number of carbonyl (C=O) groups excluding carboxylic acids is 1. The quantitative estimate of drug-likeness (QED) is 0.386. The number of halogens is 1. The van der Waals surface area contributed by atoms with Crippen LogP contribution in [0.4, 0.5) is 0 Å². The van der Waals surface area contributed by atoms with E-state index in [0.29, 0.717) is 6.42 Å². The van der Waals surface area contributed by atoms with E-state index in [-0.39, 0.29) is 35.3 Å². The second-order valence-electron chi connectivity index (χ2n) is 7.17. The molecule has 2 saturated heterocycles. The number of nitrogens with one attached hydrogen (secondary N) is 2. The van der Waals surface area contributed by atoms with E-state index >= 15 is 0 Å². The number of aliphatic imine (C=N–C) groups is 1. The van der Waals surface area contributed by atoms with Gasteiger partial charge in [-0.3, -0.25) is 9.79 Å². The largest absolute Gasteiger partial charge is 0.356 e. The topological polar surface area (TPSA) is 69.6 Å². The maximum absolute atomic E-state index is 11.7. The number of aromatic nitrogens is 1. The Hall–Kier alpha value is -0.900. The molecular formula is C18H30IN5OS. The number of amides is 1. The number of nitrogens with zero attached hydrogens (tertiary/aromatic N) is 3. The third kappa shape index (κ3) is 4.88. The maximum Gasteiger partial charge on any atom is 0.220 e. The molecule has 146 valence electrons. The van der Waals surface area contributed by atoms with Crippen molar-refractivity contribution in [2.45, 2.75) is 46.0 Å². The fraction of sp³-hybridized carbons (Fsp3) is 0.722. The van der Waals surface area contributed by atoms with Gasteiger partial charge in [0.15, 0.2) is 5.96 Å². The monoisotopic (exact) mass is 491 g/mol. The van der Waals surface area contributed by atoms with Crippen LogP contribution in [0.25, 0.3) is 0 Å². The molecule has 0 aliphatic carbocycles. The zero-order chi connectivity index (χ0) is 17.9. The van der Waals surface area contributed by atoms with Gasteiger partial charge < -0.3 is 15.5 Å². The van der Waals surface area contributed by atoms with Crippen LogP contribution in [0.5, 0.6) is 0 Å². The van der Waals surface area contributed by atoms with E-state index in [2.05, 4.69) is 34.4 Å². The smallest absolute Gasteiger partial charge is 0.220 e. The molecule has 2 aliphatic rings. The van der Waals surface area contributed by atoms with Gasteiger partial charge in [0.05, 0.1) is 10.7 Å². The molecule has 3 rings (SSSR count). The molecule has 1 aromatic heterocycles. The van der Waals surface area contributed by atoms with Crippen molar-refractivity contribution in [3.05, 3.63) is 15.6 Å². The number of hydrogen-bond acceptors (Lipinski definition) is 4. The van der Waals surface area contributed by atoms with Crippen LogP contribution < -0.4 is 10.6 Å². The molecule has 0 radical (unpaired) electrons. The van der Waals surface area contributed by atoms with E-state index in [9.17, 15) is 4.79 Å². The highest BCUT2D eigenvalue weighted by Gasteiger charge is 2.42. The summed E-state index contributed by atoms with van der Waals surface area (Å²) in [5, 5.41) is 7.68. The van der Waals surface area contributed by atoms with Crippen molar-refractivity contribution >= 4 is 47.2 Å². The van der Waals surface area contributed by atoms with Crippen LogP contribution in [0.3, 0.4) is 0 Å². The highest BCUT2D eigenvalue weighted by Crippen LogP contribution is 2.35. The van der Waals surface area contributed by atoms with Gasteiger partial charge in [0, 0.05) is 56.4 Å². The van der Waals surface area contributed by atoms with Gasteiger partial charge in [-0.25, -0.2) is 4.98 Å². The zero-order valence-corrected chi connectivity index (χ0v) is 19.1. The van der Waals surface area contributed by atoms with E-state index in [1.165, 1.54) is 15.6 Å². The fourth-order valence-corrected chi connectivity index (χ4v) is 4.99. The summed E-state index contributed by atoms with van der Waals surface area (Å²) in [5.41, 5.74) is 1.32. The SMILES string of the molecule is CCc1nc(CCNC(=NC)N2CCCC3(CNC(=O)C3)C2)sc1C.I. The first-order chi connectivity index (χ1) is 12.0. The summed E-state index contributed by atoms with van der Waals surface area (Å²) in [4.78, 5) is 24.5. The second-order valence-corrected chi connectivity index (χ2v) is 8.45. The molecule has 8 heteroatoms. The predicted octanol–water partition coefficient (Wildman–Crippen LogP) is 2.35. The summed E-state index contributed by atoms with van der Waals surface area (Å²) < 4.78 is 0. The molecule has 1 atom stereocenters. The predicted molar refractivity (Wildman–Crippen MR) is 118 cm³/mol. The van der Waals surface area contributed by atoms with E-state index in [1.807, 2.05) is 7.05 Å². The van der Waals surface area contributed by atoms with Crippen molar-refractivity contribution in [1.82, 2.24) is 20.5 Å². The number of hydrogen-bond donors (Lipinski definition) is 2. The Labute approximate surface area is 177 Å². The Morgan fingerprint density at radius 1 is 1.50 bits per heavy atom. The van der Waals surface area contributed by atoms with Crippen LogP contribution >= 0.6 is 35.3 Å². The molecule has 2 aliphatic heterocycles. The van der Waals surface area contributed by atoms with Crippen LogP contribution in [0.15, 0.2) is 4.99 Å².